The molecule has 0 bridgehead atoms. The minimum atomic E-state index is -3.49. The maximum Gasteiger partial charge on any atom is 0.224 e. The van der Waals surface area contributed by atoms with Crippen LogP contribution in [0.3, 0.4) is 0 Å². The van der Waals surface area contributed by atoms with E-state index in [-0.39, 0.29) is 17.2 Å². The Bertz CT molecular complexity index is 757. The summed E-state index contributed by atoms with van der Waals surface area (Å²) in [7, 11) is -3.49. The second-order valence-corrected chi connectivity index (χ2v) is 9.29. The zero-order valence-electron chi connectivity index (χ0n) is 13.7. The van der Waals surface area contributed by atoms with Gasteiger partial charge in [-0.3, -0.25) is 0 Å². The van der Waals surface area contributed by atoms with Crippen molar-refractivity contribution < 1.29 is 8.42 Å². The summed E-state index contributed by atoms with van der Waals surface area (Å²) in [6.07, 6.45) is 5.46. The molecule has 0 radical (unpaired) electrons. The smallest absolute Gasteiger partial charge is 0.211 e. The highest BCUT2D eigenvalue weighted by Crippen LogP contribution is 2.33. The molecule has 1 aromatic rings. The van der Waals surface area contributed by atoms with Gasteiger partial charge in [0.25, 0.3) is 0 Å². The molecule has 1 fully saturated rings. The molecule has 1 aliphatic carbocycles. The zero-order chi connectivity index (χ0) is 17.6. The van der Waals surface area contributed by atoms with Crippen LogP contribution in [0, 0.1) is 22.7 Å². The van der Waals surface area contributed by atoms with Crippen LogP contribution in [-0.2, 0) is 10.0 Å². The number of nitriles is 2. The Kier molecular flexibility index (Phi) is 6.68. The van der Waals surface area contributed by atoms with Crippen LogP contribution in [0.25, 0.3) is 0 Å². The van der Waals surface area contributed by atoms with Gasteiger partial charge in [0.15, 0.2) is 0 Å². The van der Waals surface area contributed by atoms with Gasteiger partial charge in [-0.15, -0.1) is 11.8 Å². The van der Waals surface area contributed by atoms with E-state index < -0.39 is 14.6 Å². The first kappa shape index (κ1) is 18.8. The van der Waals surface area contributed by atoms with E-state index >= 15 is 0 Å². The lowest BCUT2D eigenvalue weighted by Crippen LogP contribution is -2.40. The minimum absolute atomic E-state index is 0.0132. The van der Waals surface area contributed by atoms with Crippen LogP contribution in [0.15, 0.2) is 23.1 Å². The molecule has 0 heterocycles. The van der Waals surface area contributed by atoms with Gasteiger partial charge in [-0.1, -0.05) is 32.3 Å². The molecule has 0 amide bonds. The predicted octanol–water partition coefficient (Wildman–Crippen LogP) is 3.51. The number of rotatable bonds is 6. The maximum atomic E-state index is 12.7. The lowest BCUT2D eigenvalue weighted by atomic mass is 9.96. The molecule has 1 atom stereocenters. The van der Waals surface area contributed by atoms with Crippen molar-refractivity contribution in [2.24, 2.45) is 0 Å². The SMILES string of the molecule is CCC(Sc1cccc(C#N)c1C#N)S(=O)(=O)NC1CCCCC1. The summed E-state index contributed by atoms with van der Waals surface area (Å²) in [5.41, 5.74) is 0.520. The summed E-state index contributed by atoms with van der Waals surface area (Å²) in [4.78, 5) is 0.539. The number of sulfonamides is 1. The fourth-order valence-electron chi connectivity index (χ4n) is 2.87. The van der Waals surface area contributed by atoms with Gasteiger partial charge in [0.1, 0.15) is 16.7 Å². The predicted molar refractivity (Wildman–Crippen MR) is 94.7 cm³/mol. The van der Waals surface area contributed by atoms with E-state index in [1.165, 1.54) is 0 Å². The fraction of sp³-hybridized carbons (Fsp3) is 0.529. The van der Waals surface area contributed by atoms with Crippen molar-refractivity contribution in [1.29, 1.82) is 10.5 Å². The number of thioether (sulfide) groups is 1. The topological polar surface area (TPSA) is 93.8 Å². The number of benzene rings is 1. The summed E-state index contributed by atoms with van der Waals surface area (Å²) in [5.74, 6) is 0. The van der Waals surface area contributed by atoms with Crippen molar-refractivity contribution in [1.82, 2.24) is 4.72 Å². The molecular weight excluding hydrogens is 342 g/mol. The van der Waals surface area contributed by atoms with Crippen LogP contribution in [0.1, 0.15) is 56.6 Å². The van der Waals surface area contributed by atoms with Crippen LogP contribution < -0.4 is 4.72 Å². The van der Waals surface area contributed by atoms with Gasteiger partial charge in [0.2, 0.25) is 10.0 Å². The molecule has 1 aliphatic rings. The van der Waals surface area contributed by atoms with E-state index in [0.717, 1.165) is 43.9 Å². The third-order valence-electron chi connectivity index (χ3n) is 4.13. The van der Waals surface area contributed by atoms with Crippen molar-refractivity contribution in [2.75, 3.05) is 0 Å². The minimum Gasteiger partial charge on any atom is -0.211 e. The summed E-state index contributed by atoms with van der Waals surface area (Å²) in [6, 6.07) is 8.96. The summed E-state index contributed by atoms with van der Waals surface area (Å²) >= 11 is 1.14. The van der Waals surface area contributed by atoms with E-state index in [2.05, 4.69) is 4.72 Å². The number of hydrogen-bond acceptors (Lipinski definition) is 5. The number of nitrogens with one attached hydrogen (secondary N) is 1. The Morgan fingerprint density at radius 3 is 2.54 bits per heavy atom. The molecule has 1 saturated carbocycles. The quantitative estimate of drug-likeness (QED) is 0.781. The fourth-order valence-corrected chi connectivity index (χ4v) is 6.03. The van der Waals surface area contributed by atoms with Crippen LogP contribution >= 0.6 is 11.8 Å². The van der Waals surface area contributed by atoms with E-state index in [1.807, 2.05) is 19.1 Å². The van der Waals surface area contributed by atoms with E-state index in [0.29, 0.717) is 11.3 Å². The maximum absolute atomic E-state index is 12.7. The average Bonchev–Trinajstić information content (AvgIpc) is 2.59. The summed E-state index contributed by atoms with van der Waals surface area (Å²) in [6.45, 7) is 1.82. The van der Waals surface area contributed by atoms with Crippen molar-refractivity contribution in [3.05, 3.63) is 29.3 Å². The molecule has 1 aromatic carbocycles. The van der Waals surface area contributed by atoms with Gasteiger partial charge < -0.3 is 0 Å². The van der Waals surface area contributed by atoms with E-state index in [4.69, 9.17) is 5.26 Å². The molecule has 128 valence electrons. The van der Waals surface area contributed by atoms with Gasteiger partial charge in [-0.05, 0) is 31.4 Å². The monoisotopic (exact) mass is 363 g/mol. The van der Waals surface area contributed by atoms with Gasteiger partial charge in [-0.25, -0.2) is 13.1 Å². The van der Waals surface area contributed by atoms with Gasteiger partial charge >= 0.3 is 0 Å². The van der Waals surface area contributed by atoms with Crippen molar-refractivity contribution in [3.63, 3.8) is 0 Å². The van der Waals surface area contributed by atoms with Crippen LogP contribution in [0.4, 0.5) is 0 Å². The third kappa shape index (κ3) is 4.51. The normalized spacial score (nSPS) is 17.0. The highest BCUT2D eigenvalue weighted by molar-refractivity contribution is 8.12. The third-order valence-corrected chi connectivity index (χ3v) is 8.06. The molecular formula is C17H21N3O2S2. The van der Waals surface area contributed by atoms with Crippen LogP contribution in [0.5, 0.6) is 0 Å². The first-order chi connectivity index (χ1) is 11.5. The second-order valence-electron chi connectivity index (χ2n) is 5.86. The van der Waals surface area contributed by atoms with E-state index in [1.54, 1.807) is 18.2 Å². The molecule has 7 heteroatoms. The Morgan fingerprint density at radius 1 is 1.25 bits per heavy atom. The largest absolute Gasteiger partial charge is 0.224 e. The first-order valence-electron chi connectivity index (χ1n) is 8.12. The highest BCUT2D eigenvalue weighted by Gasteiger charge is 2.29. The lowest BCUT2D eigenvalue weighted by Gasteiger charge is -2.25. The van der Waals surface area contributed by atoms with Gasteiger partial charge in [0.05, 0.1) is 11.1 Å². The highest BCUT2D eigenvalue weighted by atomic mass is 32.3. The van der Waals surface area contributed by atoms with Crippen LogP contribution in [-0.4, -0.2) is 19.0 Å². The lowest BCUT2D eigenvalue weighted by molar-refractivity contribution is 0.411. The Labute approximate surface area is 148 Å². The van der Waals surface area contributed by atoms with Crippen molar-refractivity contribution in [3.8, 4) is 12.1 Å². The van der Waals surface area contributed by atoms with E-state index in [9.17, 15) is 13.7 Å². The molecule has 0 aliphatic heterocycles. The summed E-state index contributed by atoms with van der Waals surface area (Å²) in [5, 5.41) is 18.4. The van der Waals surface area contributed by atoms with Gasteiger partial charge in [-0.2, -0.15) is 10.5 Å². The van der Waals surface area contributed by atoms with Crippen LogP contribution in [0.2, 0.25) is 0 Å². The average molecular weight is 364 g/mol. The molecule has 1 unspecified atom stereocenters. The molecule has 2 rings (SSSR count). The second kappa shape index (κ2) is 8.53. The molecule has 0 aromatic heterocycles. The number of nitrogens with zero attached hydrogens (tertiary/aromatic N) is 2. The standard InChI is InChI=1S/C17H21N3O2S2/c1-2-17(24(21,22)20-14-8-4-3-5-9-14)23-16-10-6-7-13(11-18)15(16)12-19/h6-7,10,14,17,20H,2-5,8-9H2,1H3. The molecule has 24 heavy (non-hydrogen) atoms. The Balaban J connectivity index is 2.20. The summed E-state index contributed by atoms with van der Waals surface area (Å²) < 4.78 is 27.6. The van der Waals surface area contributed by atoms with Crippen molar-refractivity contribution in [2.45, 2.75) is 61.0 Å². The number of hydrogen-bond donors (Lipinski definition) is 1. The Hall–Kier alpha value is -1.54. The zero-order valence-corrected chi connectivity index (χ0v) is 15.3. The van der Waals surface area contributed by atoms with Gasteiger partial charge in [0, 0.05) is 10.9 Å². The molecule has 5 nitrogen and oxygen atoms in total. The molecule has 0 saturated heterocycles. The Morgan fingerprint density at radius 2 is 1.96 bits per heavy atom. The molecule has 0 spiro atoms. The molecule has 1 N–H and O–H groups in total. The first-order valence-corrected chi connectivity index (χ1v) is 10.6. The van der Waals surface area contributed by atoms with Crippen molar-refractivity contribution >= 4 is 21.8 Å².